The largest absolute Gasteiger partial charge is 0.444 e. The highest BCUT2D eigenvalue weighted by Crippen LogP contribution is 2.34. The smallest absolute Gasteiger partial charge is 0.410 e. The highest BCUT2D eigenvalue weighted by molar-refractivity contribution is 5.69. The molecule has 2 aliphatic rings. The van der Waals surface area contributed by atoms with Crippen LogP contribution in [0.4, 0.5) is 4.79 Å². The minimum Gasteiger partial charge on any atom is -0.444 e. The predicted molar refractivity (Wildman–Crippen MR) is 72.5 cm³/mol. The van der Waals surface area contributed by atoms with Gasteiger partial charge in [-0.2, -0.15) is 0 Å². The summed E-state index contributed by atoms with van der Waals surface area (Å²) in [4.78, 5) is 14.0. The van der Waals surface area contributed by atoms with Crippen LogP contribution in [0.1, 0.15) is 53.4 Å². The van der Waals surface area contributed by atoms with Crippen molar-refractivity contribution in [2.75, 3.05) is 13.1 Å². The molecule has 0 spiro atoms. The maximum Gasteiger partial charge on any atom is 0.410 e. The van der Waals surface area contributed by atoms with E-state index in [1.807, 2.05) is 25.7 Å². The minimum atomic E-state index is -0.401. The molecule has 1 aliphatic carbocycles. The van der Waals surface area contributed by atoms with E-state index in [1.165, 1.54) is 31.3 Å². The molecule has 0 aromatic carbocycles. The van der Waals surface area contributed by atoms with Crippen molar-refractivity contribution < 1.29 is 9.53 Å². The van der Waals surface area contributed by atoms with Crippen molar-refractivity contribution in [1.82, 2.24) is 4.90 Å². The van der Waals surface area contributed by atoms with Gasteiger partial charge in [-0.15, -0.1) is 0 Å². The molecule has 18 heavy (non-hydrogen) atoms. The maximum atomic E-state index is 12.1. The second-order valence-corrected chi connectivity index (χ2v) is 6.60. The zero-order valence-electron chi connectivity index (χ0n) is 12.1. The molecule has 0 N–H and O–H groups in total. The van der Waals surface area contributed by atoms with E-state index in [1.54, 1.807) is 5.57 Å². The first kappa shape index (κ1) is 13.4. The van der Waals surface area contributed by atoms with Crippen LogP contribution in [0.3, 0.4) is 0 Å². The van der Waals surface area contributed by atoms with Crippen molar-refractivity contribution in [2.45, 2.75) is 59.0 Å². The van der Waals surface area contributed by atoms with Gasteiger partial charge in [0.15, 0.2) is 0 Å². The molecular formula is C15H25NO2. The van der Waals surface area contributed by atoms with Crippen LogP contribution in [0.15, 0.2) is 11.1 Å². The molecule has 0 saturated carbocycles. The first-order valence-electron chi connectivity index (χ1n) is 7.05. The maximum absolute atomic E-state index is 12.1. The Labute approximate surface area is 110 Å². The van der Waals surface area contributed by atoms with Crippen LogP contribution in [0, 0.1) is 5.92 Å². The molecule has 1 amide bonds. The van der Waals surface area contributed by atoms with E-state index < -0.39 is 5.60 Å². The molecule has 0 saturated heterocycles. The van der Waals surface area contributed by atoms with Gasteiger partial charge >= 0.3 is 6.09 Å². The lowest BCUT2D eigenvalue weighted by Crippen LogP contribution is -2.43. The van der Waals surface area contributed by atoms with Gasteiger partial charge in [0.2, 0.25) is 0 Å². The van der Waals surface area contributed by atoms with Crippen molar-refractivity contribution >= 4 is 6.09 Å². The van der Waals surface area contributed by atoms with Crippen molar-refractivity contribution in [1.29, 1.82) is 0 Å². The highest BCUT2D eigenvalue weighted by atomic mass is 16.6. The molecule has 3 heteroatoms. The summed E-state index contributed by atoms with van der Waals surface area (Å²) in [7, 11) is 0. The van der Waals surface area contributed by atoms with Crippen LogP contribution in [0.2, 0.25) is 0 Å². The minimum absolute atomic E-state index is 0.161. The Morgan fingerprint density at radius 3 is 2.61 bits per heavy atom. The van der Waals surface area contributed by atoms with E-state index in [4.69, 9.17) is 4.74 Å². The summed E-state index contributed by atoms with van der Waals surface area (Å²) in [5.74, 6) is 0.501. The molecule has 0 aromatic heterocycles. The lowest BCUT2D eigenvalue weighted by Gasteiger charge is -2.37. The summed E-state index contributed by atoms with van der Waals surface area (Å²) in [6.45, 7) is 9.59. The topological polar surface area (TPSA) is 29.5 Å². The number of carbonyl (C=O) groups is 1. The molecule has 0 fully saturated rings. The second kappa shape index (κ2) is 4.94. The lowest BCUT2D eigenvalue weighted by atomic mass is 9.82. The van der Waals surface area contributed by atoms with E-state index in [0.29, 0.717) is 5.92 Å². The molecule has 2 rings (SSSR count). The zero-order chi connectivity index (χ0) is 13.3. The molecule has 1 heterocycles. The van der Waals surface area contributed by atoms with Crippen LogP contribution in [0.5, 0.6) is 0 Å². The van der Waals surface area contributed by atoms with Gasteiger partial charge in [-0.3, -0.25) is 0 Å². The third-order valence-electron chi connectivity index (χ3n) is 3.75. The van der Waals surface area contributed by atoms with Crippen LogP contribution in [-0.2, 0) is 4.74 Å². The van der Waals surface area contributed by atoms with E-state index in [0.717, 1.165) is 13.1 Å². The van der Waals surface area contributed by atoms with Crippen LogP contribution < -0.4 is 0 Å². The standard InChI is InChI=1S/C15H25NO2/c1-11-9-16(14(17)18-15(2,3)4)10-12-7-5-6-8-13(11)12/h11H,5-10H2,1-4H3. The number of hydrogen-bond donors (Lipinski definition) is 0. The fourth-order valence-corrected chi connectivity index (χ4v) is 2.97. The number of nitrogens with zero attached hydrogens (tertiary/aromatic N) is 1. The van der Waals surface area contributed by atoms with Crippen molar-refractivity contribution in [3.8, 4) is 0 Å². The number of hydrogen-bond acceptors (Lipinski definition) is 2. The Hall–Kier alpha value is -0.990. The Bertz CT molecular complexity index is 365. The zero-order valence-corrected chi connectivity index (χ0v) is 12.1. The van der Waals surface area contributed by atoms with Crippen LogP contribution in [0.25, 0.3) is 0 Å². The van der Waals surface area contributed by atoms with Crippen molar-refractivity contribution in [2.24, 2.45) is 5.92 Å². The van der Waals surface area contributed by atoms with Crippen LogP contribution >= 0.6 is 0 Å². The Kier molecular flexibility index (Phi) is 3.69. The number of rotatable bonds is 0. The fraction of sp³-hybridized carbons (Fsp3) is 0.800. The summed E-state index contributed by atoms with van der Waals surface area (Å²) in [6.07, 6.45) is 4.83. The molecular weight excluding hydrogens is 226 g/mol. The highest BCUT2D eigenvalue weighted by Gasteiger charge is 2.31. The average molecular weight is 251 g/mol. The molecule has 3 nitrogen and oxygen atoms in total. The Morgan fingerprint density at radius 2 is 1.94 bits per heavy atom. The average Bonchev–Trinajstić information content (AvgIpc) is 2.26. The number of carbonyl (C=O) groups excluding carboxylic acids is 1. The van der Waals surface area contributed by atoms with E-state index >= 15 is 0 Å². The van der Waals surface area contributed by atoms with E-state index in [-0.39, 0.29) is 6.09 Å². The van der Waals surface area contributed by atoms with Gasteiger partial charge in [0.05, 0.1) is 0 Å². The van der Waals surface area contributed by atoms with Gasteiger partial charge in [-0.25, -0.2) is 4.79 Å². The van der Waals surface area contributed by atoms with E-state index in [9.17, 15) is 4.79 Å². The van der Waals surface area contributed by atoms with Gasteiger partial charge in [-0.1, -0.05) is 18.1 Å². The molecule has 1 aliphatic heterocycles. The summed E-state index contributed by atoms with van der Waals surface area (Å²) in [6, 6.07) is 0. The fourth-order valence-electron chi connectivity index (χ4n) is 2.97. The Balaban J connectivity index is 2.05. The summed E-state index contributed by atoms with van der Waals surface area (Å²) in [5, 5.41) is 0. The number of amides is 1. The van der Waals surface area contributed by atoms with Crippen LogP contribution in [-0.4, -0.2) is 29.7 Å². The normalized spacial score (nSPS) is 24.9. The SMILES string of the molecule is CC1CN(C(=O)OC(C)(C)C)CC2=C1CCCC2. The third kappa shape index (κ3) is 3.06. The van der Waals surface area contributed by atoms with Gasteiger partial charge in [-0.05, 0) is 52.4 Å². The van der Waals surface area contributed by atoms with E-state index in [2.05, 4.69) is 6.92 Å². The molecule has 1 unspecified atom stereocenters. The third-order valence-corrected chi connectivity index (χ3v) is 3.75. The van der Waals surface area contributed by atoms with Crippen molar-refractivity contribution in [3.63, 3.8) is 0 Å². The monoisotopic (exact) mass is 251 g/mol. The van der Waals surface area contributed by atoms with Gasteiger partial charge in [0.1, 0.15) is 5.60 Å². The summed E-state index contributed by atoms with van der Waals surface area (Å²) in [5.41, 5.74) is 2.70. The first-order valence-corrected chi connectivity index (χ1v) is 7.05. The summed E-state index contributed by atoms with van der Waals surface area (Å²) >= 11 is 0. The van der Waals surface area contributed by atoms with Gasteiger partial charge < -0.3 is 9.64 Å². The lowest BCUT2D eigenvalue weighted by molar-refractivity contribution is 0.0231. The molecule has 0 bridgehead atoms. The first-order chi connectivity index (χ1) is 8.37. The Morgan fingerprint density at radius 1 is 1.28 bits per heavy atom. The quantitative estimate of drug-likeness (QED) is 0.614. The van der Waals surface area contributed by atoms with Gasteiger partial charge in [0, 0.05) is 13.1 Å². The molecule has 102 valence electrons. The molecule has 0 aromatic rings. The number of ether oxygens (including phenoxy) is 1. The summed E-state index contributed by atoms with van der Waals surface area (Å²) < 4.78 is 5.47. The molecule has 0 radical (unpaired) electrons. The molecule has 1 atom stereocenters. The van der Waals surface area contributed by atoms with Gasteiger partial charge in [0.25, 0.3) is 0 Å². The van der Waals surface area contributed by atoms with Crippen molar-refractivity contribution in [3.05, 3.63) is 11.1 Å². The predicted octanol–water partition coefficient (Wildman–Crippen LogP) is 3.74. The second-order valence-electron chi connectivity index (χ2n) is 6.60.